The standard InChI is InChI=1S/C4H11N.C3H4N2/c1-3-5-4-2;1-2-5-3-4-1/h5H,3-4H2,1-2H3;1-3H,(H,4,5). The van der Waals surface area contributed by atoms with E-state index >= 15 is 0 Å². The molecule has 0 aliphatic carbocycles. The minimum Gasteiger partial charge on any atom is -0.351 e. The fourth-order valence-electron chi connectivity index (χ4n) is 0.465. The number of hydrogen-bond donors (Lipinski definition) is 2. The van der Waals surface area contributed by atoms with Crippen LogP contribution < -0.4 is 5.32 Å². The second-order valence-electron chi connectivity index (χ2n) is 1.72. The lowest BCUT2D eigenvalue weighted by molar-refractivity contribution is 0.762. The van der Waals surface area contributed by atoms with E-state index in [2.05, 4.69) is 29.1 Å². The molecule has 0 saturated carbocycles. The zero-order valence-electron chi connectivity index (χ0n) is 6.59. The van der Waals surface area contributed by atoms with Crippen LogP contribution in [0.5, 0.6) is 0 Å². The Bertz CT molecular complexity index is 95.2. The van der Waals surface area contributed by atoms with Crippen LogP contribution in [-0.4, -0.2) is 23.1 Å². The van der Waals surface area contributed by atoms with Gasteiger partial charge in [-0.2, -0.15) is 0 Å². The average molecular weight is 141 g/mol. The van der Waals surface area contributed by atoms with Crippen molar-refractivity contribution in [3.63, 3.8) is 0 Å². The maximum absolute atomic E-state index is 3.67. The summed E-state index contributed by atoms with van der Waals surface area (Å²) in [5.41, 5.74) is 0. The second-order valence-corrected chi connectivity index (χ2v) is 1.72. The lowest BCUT2D eigenvalue weighted by Gasteiger charge is -1.86. The van der Waals surface area contributed by atoms with Gasteiger partial charge in [-0.1, -0.05) is 13.8 Å². The molecule has 3 nitrogen and oxygen atoms in total. The third kappa shape index (κ3) is 7.17. The highest BCUT2D eigenvalue weighted by Gasteiger charge is 1.62. The van der Waals surface area contributed by atoms with Crippen molar-refractivity contribution in [1.82, 2.24) is 15.3 Å². The molecule has 58 valence electrons. The van der Waals surface area contributed by atoms with Gasteiger partial charge < -0.3 is 10.3 Å². The van der Waals surface area contributed by atoms with Gasteiger partial charge in [0, 0.05) is 12.4 Å². The van der Waals surface area contributed by atoms with Crippen molar-refractivity contribution in [1.29, 1.82) is 0 Å². The minimum atomic E-state index is 1.09. The van der Waals surface area contributed by atoms with Crippen LogP contribution in [0.4, 0.5) is 0 Å². The van der Waals surface area contributed by atoms with E-state index in [-0.39, 0.29) is 0 Å². The highest BCUT2D eigenvalue weighted by atomic mass is 14.8. The molecule has 1 aromatic heterocycles. The van der Waals surface area contributed by atoms with Crippen LogP contribution >= 0.6 is 0 Å². The van der Waals surface area contributed by atoms with E-state index in [9.17, 15) is 0 Å². The molecular weight excluding hydrogens is 126 g/mol. The molecule has 0 saturated heterocycles. The molecular formula is C7H15N3. The summed E-state index contributed by atoms with van der Waals surface area (Å²) >= 11 is 0. The summed E-state index contributed by atoms with van der Waals surface area (Å²) < 4.78 is 0. The number of nitrogens with one attached hydrogen (secondary N) is 2. The van der Waals surface area contributed by atoms with Crippen molar-refractivity contribution in [2.45, 2.75) is 13.8 Å². The van der Waals surface area contributed by atoms with Gasteiger partial charge in [-0.15, -0.1) is 0 Å². The molecule has 0 fully saturated rings. The first-order valence-electron chi connectivity index (χ1n) is 3.55. The zero-order valence-corrected chi connectivity index (χ0v) is 6.59. The van der Waals surface area contributed by atoms with Gasteiger partial charge in [0.1, 0.15) is 0 Å². The van der Waals surface area contributed by atoms with Gasteiger partial charge >= 0.3 is 0 Å². The number of nitrogens with zero attached hydrogens (tertiary/aromatic N) is 1. The Kier molecular flexibility index (Phi) is 7.49. The molecule has 0 bridgehead atoms. The number of imidazole rings is 1. The van der Waals surface area contributed by atoms with Crippen LogP contribution in [0.1, 0.15) is 13.8 Å². The van der Waals surface area contributed by atoms with E-state index in [0.717, 1.165) is 13.1 Å². The molecule has 0 aliphatic rings. The van der Waals surface area contributed by atoms with Gasteiger partial charge in [0.05, 0.1) is 6.33 Å². The van der Waals surface area contributed by atoms with Crippen molar-refractivity contribution in [3.8, 4) is 0 Å². The van der Waals surface area contributed by atoms with Gasteiger partial charge in [0.25, 0.3) is 0 Å². The smallest absolute Gasteiger partial charge is 0.0919 e. The first-order chi connectivity index (χ1) is 4.91. The Morgan fingerprint density at radius 3 is 2.20 bits per heavy atom. The van der Waals surface area contributed by atoms with Crippen molar-refractivity contribution in [3.05, 3.63) is 18.7 Å². The third-order valence-corrected chi connectivity index (χ3v) is 0.906. The Morgan fingerprint density at radius 1 is 1.40 bits per heavy atom. The van der Waals surface area contributed by atoms with E-state index in [0.29, 0.717) is 0 Å². The quantitative estimate of drug-likeness (QED) is 0.645. The molecule has 3 heteroatoms. The Balaban J connectivity index is 0.000000162. The lowest BCUT2D eigenvalue weighted by Crippen LogP contribution is -2.09. The van der Waals surface area contributed by atoms with E-state index in [1.807, 2.05) is 0 Å². The summed E-state index contributed by atoms with van der Waals surface area (Å²) in [6, 6.07) is 0. The Hall–Kier alpha value is -0.830. The number of H-pyrrole nitrogens is 1. The highest BCUT2D eigenvalue weighted by Crippen LogP contribution is 1.62. The van der Waals surface area contributed by atoms with Gasteiger partial charge in [-0.25, -0.2) is 4.98 Å². The summed E-state index contributed by atoms with van der Waals surface area (Å²) in [6.45, 7) is 6.39. The molecule has 1 heterocycles. The summed E-state index contributed by atoms with van der Waals surface area (Å²) in [4.78, 5) is 6.42. The van der Waals surface area contributed by atoms with Crippen LogP contribution in [0.25, 0.3) is 0 Å². The third-order valence-electron chi connectivity index (χ3n) is 0.906. The monoisotopic (exact) mass is 141 g/mol. The number of hydrogen-bond acceptors (Lipinski definition) is 2. The molecule has 0 spiro atoms. The topological polar surface area (TPSA) is 40.7 Å². The van der Waals surface area contributed by atoms with Crippen LogP contribution in [0.2, 0.25) is 0 Å². The molecule has 0 radical (unpaired) electrons. The predicted molar refractivity (Wildman–Crippen MR) is 42.8 cm³/mol. The van der Waals surface area contributed by atoms with Gasteiger partial charge in [-0.05, 0) is 13.1 Å². The van der Waals surface area contributed by atoms with Crippen molar-refractivity contribution in [2.24, 2.45) is 0 Å². The maximum Gasteiger partial charge on any atom is 0.0919 e. The van der Waals surface area contributed by atoms with E-state index in [1.165, 1.54) is 0 Å². The largest absolute Gasteiger partial charge is 0.351 e. The van der Waals surface area contributed by atoms with Crippen molar-refractivity contribution in [2.75, 3.05) is 13.1 Å². The molecule has 1 rings (SSSR count). The average Bonchev–Trinajstić information content (AvgIpc) is 2.44. The van der Waals surface area contributed by atoms with Gasteiger partial charge in [0.2, 0.25) is 0 Å². The molecule has 0 atom stereocenters. The van der Waals surface area contributed by atoms with Crippen LogP contribution in [0, 0.1) is 0 Å². The molecule has 0 unspecified atom stereocenters. The fraction of sp³-hybridized carbons (Fsp3) is 0.571. The molecule has 0 amide bonds. The zero-order chi connectivity index (χ0) is 7.66. The summed E-state index contributed by atoms with van der Waals surface area (Å²) in [7, 11) is 0. The first-order valence-corrected chi connectivity index (χ1v) is 3.55. The molecule has 0 aromatic carbocycles. The summed E-state index contributed by atoms with van der Waals surface area (Å²) in [5, 5.41) is 3.11. The summed E-state index contributed by atoms with van der Waals surface area (Å²) in [5.74, 6) is 0. The van der Waals surface area contributed by atoms with E-state index in [4.69, 9.17) is 0 Å². The minimum absolute atomic E-state index is 1.09. The predicted octanol–water partition coefficient (Wildman–Crippen LogP) is 1.03. The SMILES string of the molecule is CCNCC.c1c[nH]cn1. The lowest BCUT2D eigenvalue weighted by atomic mass is 10.7. The molecule has 0 aliphatic heterocycles. The van der Waals surface area contributed by atoms with Crippen LogP contribution in [0.15, 0.2) is 18.7 Å². The first kappa shape index (κ1) is 9.17. The molecule has 2 N–H and O–H groups in total. The fourth-order valence-corrected chi connectivity index (χ4v) is 0.465. The summed E-state index contributed by atoms with van der Waals surface area (Å²) in [6.07, 6.45) is 5.08. The number of rotatable bonds is 2. The second kappa shape index (κ2) is 8.17. The molecule has 1 aromatic rings. The number of aromatic amines is 1. The van der Waals surface area contributed by atoms with Crippen molar-refractivity contribution < 1.29 is 0 Å². The maximum atomic E-state index is 3.67. The Labute approximate surface area is 61.9 Å². The molecule has 10 heavy (non-hydrogen) atoms. The highest BCUT2D eigenvalue weighted by molar-refractivity contribution is 4.64. The normalized spacial score (nSPS) is 8.20. The van der Waals surface area contributed by atoms with Gasteiger partial charge in [0.15, 0.2) is 0 Å². The van der Waals surface area contributed by atoms with Gasteiger partial charge in [-0.3, -0.25) is 0 Å². The van der Waals surface area contributed by atoms with E-state index in [1.54, 1.807) is 18.7 Å². The van der Waals surface area contributed by atoms with Crippen LogP contribution in [-0.2, 0) is 0 Å². The number of aromatic nitrogens is 2. The van der Waals surface area contributed by atoms with Crippen molar-refractivity contribution >= 4 is 0 Å². The van der Waals surface area contributed by atoms with Crippen LogP contribution in [0.3, 0.4) is 0 Å². The Morgan fingerprint density at radius 2 is 2.10 bits per heavy atom. The van der Waals surface area contributed by atoms with E-state index < -0.39 is 0 Å².